The highest BCUT2D eigenvalue weighted by Gasteiger charge is 2.27. The van der Waals surface area contributed by atoms with Crippen LogP contribution in [-0.2, 0) is 12.8 Å². The second kappa shape index (κ2) is 10.6. The summed E-state index contributed by atoms with van der Waals surface area (Å²) in [6, 6.07) is 13.9. The zero-order valence-electron chi connectivity index (χ0n) is 19.6. The highest BCUT2D eigenvalue weighted by atomic mass is 19.2. The molecule has 5 heteroatoms. The Bertz CT molecular complexity index is 1130. The Morgan fingerprint density at radius 2 is 1.47 bits per heavy atom. The molecule has 1 fully saturated rings. The fourth-order valence-corrected chi connectivity index (χ4v) is 5.07. The van der Waals surface area contributed by atoms with Crippen molar-refractivity contribution in [1.82, 2.24) is 0 Å². The van der Waals surface area contributed by atoms with Crippen LogP contribution in [0, 0.1) is 29.2 Å². The van der Waals surface area contributed by atoms with Crippen LogP contribution in [0.4, 0.5) is 17.6 Å². The van der Waals surface area contributed by atoms with Gasteiger partial charge in [0.2, 0.25) is 5.82 Å². The maximum atomic E-state index is 14.8. The lowest BCUT2D eigenvalue weighted by Crippen LogP contribution is -2.16. The van der Waals surface area contributed by atoms with Gasteiger partial charge in [-0.2, -0.15) is 4.39 Å². The van der Waals surface area contributed by atoms with Gasteiger partial charge in [-0.3, -0.25) is 0 Å². The predicted octanol–water partition coefficient (Wildman–Crippen LogP) is 8.39. The number of methoxy groups -OCH3 is 1. The molecule has 0 radical (unpaired) electrons. The van der Waals surface area contributed by atoms with E-state index in [2.05, 4.69) is 0 Å². The quantitative estimate of drug-likeness (QED) is 0.315. The van der Waals surface area contributed by atoms with Crippen molar-refractivity contribution in [2.75, 3.05) is 7.11 Å². The van der Waals surface area contributed by atoms with Crippen LogP contribution in [0.5, 0.6) is 5.75 Å². The molecule has 0 atom stereocenters. The summed E-state index contributed by atoms with van der Waals surface area (Å²) in [5.41, 5.74) is 2.87. The van der Waals surface area contributed by atoms with Crippen molar-refractivity contribution in [3.05, 3.63) is 88.5 Å². The standard InChI is InChI=1S/C29H30F4O/c1-3-18-4-9-20(10-5-18)23-15-14-22(26(30)27(23)31)13-8-19-6-11-21(12-7-19)24-16-17-25(34-2)29(33)28(24)32/h4-5,9-10,14-17,19,21H,3,6-8,11-13H2,1-2H3. The van der Waals surface area contributed by atoms with Gasteiger partial charge in [0.15, 0.2) is 23.2 Å². The van der Waals surface area contributed by atoms with Crippen LogP contribution in [0.15, 0.2) is 48.5 Å². The number of benzene rings is 3. The highest BCUT2D eigenvalue weighted by molar-refractivity contribution is 5.65. The van der Waals surface area contributed by atoms with Crippen LogP contribution in [0.1, 0.15) is 61.6 Å². The second-order valence-corrected chi connectivity index (χ2v) is 9.19. The molecule has 0 saturated heterocycles. The lowest BCUT2D eigenvalue weighted by molar-refractivity contribution is 0.302. The SMILES string of the molecule is CCc1ccc(-c2ccc(CCC3CCC(c4ccc(OC)c(F)c4F)CC3)c(F)c2F)cc1. The van der Waals surface area contributed by atoms with E-state index in [1.54, 1.807) is 18.2 Å². The number of ether oxygens (including phenoxy) is 1. The lowest BCUT2D eigenvalue weighted by atomic mass is 9.76. The van der Waals surface area contributed by atoms with Crippen molar-refractivity contribution < 1.29 is 22.3 Å². The molecule has 3 aromatic rings. The summed E-state index contributed by atoms with van der Waals surface area (Å²) in [6.07, 6.45) is 5.29. The number of rotatable bonds is 7. The topological polar surface area (TPSA) is 9.23 Å². The molecular formula is C29H30F4O. The molecule has 3 aromatic carbocycles. The Morgan fingerprint density at radius 1 is 0.765 bits per heavy atom. The minimum absolute atomic E-state index is 0.0378. The van der Waals surface area contributed by atoms with E-state index >= 15 is 0 Å². The average molecular weight is 471 g/mol. The number of hydrogen-bond donors (Lipinski definition) is 0. The molecule has 0 aliphatic heterocycles. The summed E-state index contributed by atoms with van der Waals surface area (Å²) in [7, 11) is 1.31. The molecule has 1 aliphatic rings. The third-order valence-corrected chi connectivity index (χ3v) is 7.24. The maximum Gasteiger partial charge on any atom is 0.200 e. The Hall–Kier alpha value is -2.82. The fourth-order valence-electron chi connectivity index (χ4n) is 5.07. The van der Waals surface area contributed by atoms with Gasteiger partial charge in [0.05, 0.1) is 7.11 Å². The summed E-state index contributed by atoms with van der Waals surface area (Å²) < 4.78 is 63.0. The van der Waals surface area contributed by atoms with Gasteiger partial charge in [-0.05, 0) is 85.1 Å². The van der Waals surface area contributed by atoms with Crippen molar-refractivity contribution in [3.63, 3.8) is 0 Å². The van der Waals surface area contributed by atoms with Gasteiger partial charge in [0.1, 0.15) is 0 Å². The maximum absolute atomic E-state index is 14.8. The molecule has 4 rings (SSSR count). The van der Waals surface area contributed by atoms with Crippen molar-refractivity contribution in [3.8, 4) is 16.9 Å². The average Bonchev–Trinajstić information content (AvgIpc) is 2.87. The molecule has 1 aliphatic carbocycles. The number of hydrogen-bond acceptors (Lipinski definition) is 1. The van der Waals surface area contributed by atoms with Crippen LogP contribution in [0.3, 0.4) is 0 Å². The first kappa shape index (κ1) is 24.3. The predicted molar refractivity (Wildman–Crippen MR) is 127 cm³/mol. The molecular weight excluding hydrogens is 440 g/mol. The molecule has 1 nitrogen and oxygen atoms in total. The summed E-state index contributed by atoms with van der Waals surface area (Å²) >= 11 is 0. The highest BCUT2D eigenvalue weighted by Crippen LogP contribution is 2.40. The second-order valence-electron chi connectivity index (χ2n) is 9.19. The van der Waals surface area contributed by atoms with Crippen molar-refractivity contribution >= 4 is 0 Å². The fraction of sp³-hybridized carbons (Fsp3) is 0.379. The molecule has 0 bridgehead atoms. The van der Waals surface area contributed by atoms with Crippen LogP contribution >= 0.6 is 0 Å². The Balaban J connectivity index is 1.36. The van der Waals surface area contributed by atoms with E-state index < -0.39 is 23.3 Å². The van der Waals surface area contributed by atoms with E-state index in [0.29, 0.717) is 29.0 Å². The van der Waals surface area contributed by atoms with E-state index in [1.165, 1.54) is 13.2 Å². The zero-order valence-corrected chi connectivity index (χ0v) is 19.6. The van der Waals surface area contributed by atoms with Gasteiger partial charge in [-0.25, -0.2) is 13.2 Å². The Kier molecular flexibility index (Phi) is 7.60. The van der Waals surface area contributed by atoms with E-state index in [0.717, 1.165) is 44.1 Å². The number of halogens is 4. The van der Waals surface area contributed by atoms with Crippen molar-refractivity contribution in [2.24, 2.45) is 5.92 Å². The van der Waals surface area contributed by atoms with E-state index in [4.69, 9.17) is 4.74 Å². The van der Waals surface area contributed by atoms with Crippen LogP contribution in [-0.4, -0.2) is 7.11 Å². The van der Waals surface area contributed by atoms with Gasteiger partial charge >= 0.3 is 0 Å². The van der Waals surface area contributed by atoms with E-state index in [1.807, 2.05) is 31.2 Å². The minimum atomic E-state index is -0.940. The summed E-state index contributed by atoms with van der Waals surface area (Å²) in [5, 5.41) is 0. The monoisotopic (exact) mass is 470 g/mol. The van der Waals surface area contributed by atoms with E-state index in [9.17, 15) is 17.6 Å². The summed E-state index contributed by atoms with van der Waals surface area (Å²) in [4.78, 5) is 0. The van der Waals surface area contributed by atoms with E-state index in [-0.39, 0.29) is 17.2 Å². The minimum Gasteiger partial charge on any atom is -0.494 e. The molecule has 0 spiro atoms. The van der Waals surface area contributed by atoms with Gasteiger partial charge in [0, 0.05) is 5.56 Å². The third kappa shape index (κ3) is 4.98. The Morgan fingerprint density at radius 3 is 2.12 bits per heavy atom. The Labute approximate surface area is 198 Å². The number of aryl methyl sites for hydroxylation is 2. The molecule has 180 valence electrons. The van der Waals surface area contributed by atoms with Gasteiger partial charge in [-0.15, -0.1) is 0 Å². The summed E-state index contributed by atoms with van der Waals surface area (Å²) in [6.45, 7) is 2.05. The third-order valence-electron chi connectivity index (χ3n) is 7.24. The largest absolute Gasteiger partial charge is 0.494 e. The first-order valence-electron chi connectivity index (χ1n) is 12.0. The molecule has 0 N–H and O–H groups in total. The zero-order chi connectivity index (χ0) is 24.2. The van der Waals surface area contributed by atoms with Gasteiger partial charge in [-0.1, -0.05) is 49.4 Å². The van der Waals surface area contributed by atoms with Crippen molar-refractivity contribution in [2.45, 2.75) is 57.8 Å². The first-order chi connectivity index (χ1) is 16.4. The molecule has 0 amide bonds. The molecule has 34 heavy (non-hydrogen) atoms. The summed E-state index contributed by atoms with van der Waals surface area (Å²) in [5.74, 6) is -3.12. The normalized spacial score (nSPS) is 18.2. The molecule has 0 aromatic heterocycles. The van der Waals surface area contributed by atoms with Crippen molar-refractivity contribution in [1.29, 1.82) is 0 Å². The molecule has 1 saturated carbocycles. The van der Waals surface area contributed by atoms with Crippen LogP contribution in [0.25, 0.3) is 11.1 Å². The lowest BCUT2D eigenvalue weighted by Gasteiger charge is -2.29. The van der Waals surface area contributed by atoms with Crippen LogP contribution in [0.2, 0.25) is 0 Å². The molecule has 0 unspecified atom stereocenters. The van der Waals surface area contributed by atoms with Crippen LogP contribution < -0.4 is 4.74 Å². The van der Waals surface area contributed by atoms with Gasteiger partial charge in [0.25, 0.3) is 0 Å². The first-order valence-corrected chi connectivity index (χ1v) is 12.0. The van der Waals surface area contributed by atoms with Gasteiger partial charge < -0.3 is 4.74 Å². The molecule has 0 heterocycles. The smallest absolute Gasteiger partial charge is 0.200 e.